The van der Waals surface area contributed by atoms with E-state index in [4.69, 9.17) is 9.47 Å². The zero-order valence-corrected chi connectivity index (χ0v) is 13.8. The molecule has 0 aromatic heterocycles. The number of carboxylic acids is 1. The van der Waals surface area contributed by atoms with E-state index < -0.39 is 11.4 Å². The van der Waals surface area contributed by atoms with Gasteiger partial charge < -0.3 is 14.6 Å². The van der Waals surface area contributed by atoms with Crippen LogP contribution >= 0.6 is 15.9 Å². The highest BCUT2D eigenvalue weighted by atomic mass is 79.9. The van der Waals surface area contributed by atoms with Crippen LogP contribution in [0.15, 0.2) is 10.5 Å². The van der Waals surface area contributed by atoms with Crippen LogP contribution in [0.25, 0.3) is 0 Å². The molecule has 1 N–H and O–H groups in total. The summed E-state index contributed by atoms with van der Waals surface area (Å²) in [6.45, 7) is 4.33. The van der Waals surface area contributed by atoms with Gasteiger partial charge in [0.05, 0.1) is 9.89 Å². The van der Waals surface area contributed by atoms with E-state index in [-0.39, 0.29) is 12.7 Å². The van der Waals surface area contributed by atoms with Gasteiger partial charge in [0, 0.05) is 5.56 Å². The van der Waals surface area contributed by atoms with E-state index in [1.165, 1.54) is 0 Å². The summed E-state index contributed by atoms with van der Waals surface area (Å²) in [5, 5.41) is 9.88. The molecule has 1 saturated carbocycles. The largest absolute Gasteiger partial charge is 0.481 e. The Labute approximate surface area is 132 Å². The normalized spacial score (nSPS) is 19.2. The van der Waals surface area contributed by atoms with Crippen LogP contribution in [0.2, 0.25) is 0 Å². The highest BCUT2D eigenvalue weighted by Crippen LogP contribution is 2.52. The van der Waals surface area contributed by atoms with Crippen molar-refractivity contribution in [1.82, 2.24) is 0 Å². The summed E-state index contributed by atoms with van der Waals surface area (Å²) in [6.07, 6.45) is 3.29. The van der Waals surface area contributed by atoms with Crippen molar-refractivity contribution in [1.29, 1.82) is 0 Å². The first-order valence-electron chi connectivity index (χ1n) is 7.33. The van der Waals surface area contributed by atoms with Crippen molar-refractivity contribution < 1.29 is 19.4 Å². The zero-order chi connectivity index (χ0) is 15.2. The SMILES string of the molecule is CC(C)c1c(C2(C(=O)O)CCCC2)cc(Br)c2c1OCO2. The van der Waals surface area contributed by atoms with Crippen molar-refractivity contribution in [2.45, 2.75) is 50.9 Å². The molecule has 0 radical (unpaired) electrons. The predicted octanol–water partition coefficient (Wildman–Crippen LogP) is 4.20. The number of fused-ring (bicyclic) bond motifs is 1. The average molecular weight is 355 g/mol. The molecule has 0 unspecified atom stereocenters. The number of rotatable bonds is 3. The molecule has 1 aliphatic heterocycles. The molecule has 0 spiro atoms. The maximum atomic E-state index is 12.0. The number of carboxylic acid groups (broad SMARTS) is 1. The highest BCUT2D eigenvalue weighted by molar-refractivity contribution is 9.10. The smallest absolute Gasteiger partial charge is 0.314 e. The van der Waals surface area contributed by atoms with Gasteiger partial charge in [0.2, 0.25) is 6.79 Å². The predicted molar refractivity (Wildman–Crippen MR) is 82.1 cm³/mol. The molecule has 1 heterocycles. The van der Waals surface area contributed by atoms with Crippen molar-refractivity contribution in [2.24, 2.45) is 0 Å². The quantitative estimate of drug-likeness (QED) is 0.883. The molecule has 4 nitrogen and oxygen atoms in total. The average Bonchev–Trinajstić information content (AvgIpc) is 3.07. The maximum Gasteiger partial charge on any atom is 0.314 e. The second-order valence-corrected chi connectivity index (χ2v) is 6.99. The molecule has 0 bridgehead atoms. The van der Waals surface area contributed by atoms with Crippen molar-refractivity contribution in [2.75, 3.05) is 6.79 Å². The fourth-order valence-electron chi connectivity index (χ4n) is 3.59. The summed E-state index contributed by atoms with van der Waals surface area (Å²) < 4.78 is 11.9. The maximum absolute atomic E-state index is 12.0. The van der Waals surface area contributed by atoms with Crippen LogP contribution in [-0.2, 0) is 10.2 Å². The van der Waals surface area contributed by atoms with E-state index in [2.05, 4.69) is 29.8 Å². The summed E-state index contributed by atoms with van der Waals surface area (Å²) in [5.74, 6) is 0.857. The number of carbonyl (C=O) groups is 1. The van der Waals surface area contributed by atoms with Gasteiger partial charge in [-0.2, -0.15) is 0 Å². The lowest BCUT2D eigenvalue weighted by molar-refractivity contribution is -0.143. The molecule has 114 valence electrons. The Bertz CT molecular complexity index is 588. The molecule has 2 aliphatic rings. The van der Waals surface area contributed by atoms with Gasteiger partial charge in [-0.3, -0.25) is 4.79 Å². The lowest BCUT2D eigenvalue weighted by atomic mass is 9.74. The highest BCUT2D eigenvalue weighted by Gasteiger charge is 2.46. The summed E-state index contributed by atoms with van der Waals surface area (Å²) >= 11 is 3.50. The van der Waals surface area contributed by atoms with E-state index in [1.54, 1.807) is 0 Å². The molecule has 1 fully saturated rings. The Hall–Kier alpha value is -1.23. The second kappa shape index (κ2) is 5.20. The van der Waals surface area contributed by atoms with Crippen molar-refractivity contribution in [3.8, 4) is 11.5 Å². The minimum absolute atomic E-state index is 0.181. The summed E-state index contributed by atoms with van der Waals surface area (Å²) in [6, 6.07) is 1.93. The lowest BCUT2D eigenvalue weighted by Crippen LogP contribution is -2.34. The molecule has 1 aromatic carbocycles. The van der Waals surface area contributed by atoms with Crippen molar-refractivity contribution in [3.63, 3.8) is 0 Å². The van der Waals surface area contributed by atoms with Crippen molar-refractivity contribution in [3.05, 3.63) is 21.7 Å². The first-order chi connectivity index (χ1) is 9.97. The van der Waals surface area contributed by atoms with E-state index in [0.29, 0.717) is 24.3 Å². The monoisotopic (exact) mass is 354 g/mol. The first kappa shape index (κ1) is 14.7. The van der Waals surface area contributed by atoms with Gasteiger partial charge in [0.1, 0.15) is 0 Å². The Morgan fingerprint density at radius 1 is 1.29 bits per heavy atom. The summed E-state index contributed by atoms with van der Waals surface area (Å²) in [4.78, 5) is 12.0. The van der Waals surface area contributed by atoms with Gasteiger partial charge in [0.25, 0.3) is 0 Å². The molecular weight excluding hydrogens is 336 g/mol. The van der Waals surface area contributed by atoms with Gasteiger partial charge in [-0.1, -0.05) is 26.7 Å². The fraction of sp³-hybridized carbons (Fsp3) is 0.562. The van der Waals surface area contributed by atoms with Crippen LogP contribution in [0.1, 0.15) is 56.6 Å². The molecule has 0 atom stereocenters. The summed E-state index contributed by atoms with van der Waals surface area (Å²) in [7, 11) is 0. The van der Waals surface area contributed by atoms with Gasteiger partial charge >= 0.3 is 5.97 Å². The topological polar surface area (TPSA) is 55.8 Å². The lowest BCUT2D eigenvalue weighted by Gasteiger charge is -2.29. The standard InChI is InChI=1S/C16H19BrO4/c1-9(2)12-10(16(15(18)19)5-3-4-6-16)7-11(17)13-14(12)21-8-20-13/h7,9H,3-6,8H2,1-2H3,(H,18,19). The molecule has 1 aliphatic carbocycles. The third-order valence-corrected chi connectivity index (χ3v) is 5.18. The number of ether oxygens (including phenoxy) is 2. The molecule has 3 rings (SSSR count). The Balaban J connectivity index is 2.27. The van der Waals surface area contributed by atoms with Gasteiger partial charge in [0.15, 0.2) is 11.5 Å². The Morgan fingerprint density at radius 2 is 1.90 bits per heavy atom. The van der Waals surface area contributed by atoms with Crippen LogP contribution < -0.4 is 9.47 Å². The molecular formula is C16H19BrO4. The molecule has 1 aromatic rings. The van der Waals surface area contributed by atoms with E-state index >= 15 is 0 Å². The number of benzene rings is 1. The zero-order valence-electron chi connectivity index (χ0n) is 12.2. The summed E-state index contributed by atoms with van der Waals surface area (Å²) in [5.41, 5.74) is 1.08. The van der Waals surface area contributed by atoms with E-state index in [1.807, 2.05) is 6.07 Å². The molecule has 21 heavy (non-hydrogen) atoms. The number of hydrogen-bond donors (Lipinski definition) is 1. The molecule has 0 amide bonds. The first-order valence-corrected chi connectivity index (χ1v) is 8.12. The molecule has 0 saturated heterocycles. The third kappa shape index (κ3) is 2.13. The van der Waals surface area contributed by atoms with Gasteiger partial charge in [-0.05, 0) is 46.3 Å². The Morgan fingerprint density at radius 3 is 2.48 bits per heavy atom. The van der Waals surface area contributed by atoms with Crippen LogP contribution in [0.5, 0.6) is 11.5 Å². The fourth-order valence-corrected chi connectivity index (χ4v) is 4.12. The van der Waals surface area contributed by atoms with Gasteiger partial charge in [-0.15, -0.1) is 0 Å². The minimum atomic E-state index is -0.789. The third-order valence-electron chi connectivity index (χ3n) is 4.59. The Kier molecular flexibility index (Phi) is 3.64. The number of hydrogen-bond acceptors (Lipinski definition) is 3. The van der Waals surface area contributed by atoms with Crippen LogP contribution in [0, 0.1) is 0 Å². The minimum Gasteiger partial charge on any atom is -0.481 e. The number of aliphatic carboxylic acids is 1. The second-order valence-electron chi connectivity index (χ2n) is 6.13. The molecule has 5 heteroatoms. The van der Waals surface area contributed by atoms with Crippen LogP contribution in [-0.4, -0.2) is 17.9 Å². The van der Waals surface area contributed by atoms with Crippen molar-refractivity contribution >= 4 is 21.9 Å². The van der Waals surface area contributed by atoms with Crippen LogP contribution in [0.3, 0.4) is 0 Å². The van der Waals surface area contributed by atoms with E-state index in [9.17, 15) is 9.90 Å². The number of halogens is 1. The van der Waals surface area contributed by atoms with E-state index in [0.717, 1.165) is 28.4 Å². The van der Waals surface area contributed by atoms with Gasteiger partial charge in [-0.25, -0.2) is 0 Å². The van der Waals surface area contributed by atoms with Crippen LogP contribution in [0.4, 0.5) is 0 Å².